The fourth-order valence-electron chi connectivity index (χ4n) is 2.33. The molecule has 1 aliphatic heterocycles. The molecule has 1 aliphatic rings. The van der Waals surface area contributed by atoms with E-state index >= 15 is 0 Å². The van der Waals surface area contributed by atoms with Crippen LogP contribution in [-0.2, 0) is 20.7 Å². The van der Waals surface area contributed by atoms with Crippen LogP contribution in [0.2, 0.25) is 0 Å². The zero-order valence-corrected chi connectivity index (χ0v) is 12.1. The first-order chi connectivity index (χ1) is 10.2. The number of rotatable bonds is 6. The summed E-state index contributed by atoms with van der Waals surface area (Å²) < 4.78 is 4.53. The summed E-state index contributed by atoms with van der Waals surface area (Å²) in [6.07, 6.45) is 3.60. The molecule has 8 nitrogen and oxygen atoms in total. The smallest absolute Gasteiger partial charge is 0.313 e. The third-order valence-electron chi connectivity index (χ3n) is 3.56. The van der Waals surface area contributed by atoms with Crippen LogP contribution in [0.15, 0.2) is 0 Å². The van der Waals surface area contributed by atoms with E-state index in [4.69, 9.17) is 0 Å². The van der Waals surface area contributed by atoms with Gasteiger partial charge in [0.15, 0.2) is 0 Å². The Morgan fingerprint density at radius 1 is 1.38 bits per heavy atom. The number of aromatic amines is 1. The SMILES string of the molecule is COC(=O)Cc1nc(NC(=O)CCC2CCNCC2)n[nH]1. The number of hydrogen-bond donors (Lipinski definition) is 3. The number of amides is 1. The van der Waals surface area contributed by atoms with Crippen LogP contribution in [0, 0.1) is 5.92 Å². The number of nitrogens with zero attached hydrogens (tertiary/aromatic N) is 2. The van der Waals surface area contributed by atoms with Gasteiger partial charge in [-0.05, 0) is 38.3 Å². The second kappa shape index (κ2) is 7.72. The summed E-state index contributed by atoms with van der Waals surface area (Å²) in [5.41, 5.74) is 0. The minimum absolute atomic E-state index is 0.00838. The lowest BCUT2D eigenvalue weighted by atomic mass is 9.93. The summed E-state index contributed by atoms with van der Waals surface area (Å²) in [4.78, 5) is 26.9. The maximum Gasteiger partial charge on any atom is 0.313 e. The molecule has 1 saturated heterocycles. The Kier molecular flexibility index (Phi) is 5.68. The number of H-pyrrole nitrogens is 1. The van der Waals surface area contributed by atoms with Crippen LogP contribution in [0.5, 0.6) is 0 Å². The van der Waals surface area contributed by atoms with Gasteiger partial charge in [-0.2, -0.15) is 4.98 Å². The Hall–Kier alpha value is -1.96. The zero-order chi connectivity index (χ0) is 15.1. The average molecular weight is 295 g/mol. The minimum Gasteiger partial charge on any atom is -0.469 e. The maximum absolute atomic E-state index is 11.8. The fraction of sp³-hybridized carbons (Fsp3) is 0.692. The van der Waals surface area contributed by atoms with Crippen molar-refractivity contribution in [3.8, 4) is 0 Å². The third kappa shape index (κ3) is 5.14. The number of piperidine rings is 1. The molecule has 1 amide bonds. The highest BCUT2D eigenvalue weighted by atomic mass is 16.5. The molecular formula is C13H21N5O3. The first-order valence-electron chi connectivity index (χ1n) is 7.16. The number of aromatic nitrogens is 3. The lowest BCUT2D eigenvalue weighted by molar-refractivity contribution is -0.139. The molecule has 1 fully saturated rings. The molecule has 0 radical (unpaired) electrons. The summed E-state index contributed by atoms with van der Waals surface area (Å²) in [5, 5.41) is 12.4. The fourth-order valence-corrected chi connectivity index (χ4v) is 2.33. The highest BCUT2D eigenvalue weighted by Crippen LogP contribution is 2.17. The van der Waals surface area contributed by atoms with E-state index in [1.165, 1.54) is 7.11 Å². The monoisotopic (exact) mass is 295 g/mol. The topological polar surface area (TPSA) is 109 Å². The normalized spacial score (nSPS) is 15.7. The number of esters is 1. The number of anilines is 1. The molecule has 1 aromatic heterocycles. The highest BCUT2D eigenvalue weighted by molar-refractivity contribution is 5.88. The van der Waals surface area contributed by atoms with Crippen molar-refractivity contribution in [3.05, 3.63) is 5.82 Å². The van der Waals surface area contributed by atoms with E-state index < -0.39 is 5.97 Å². The highest BCUT2D eigenvalue weighted by Gasteiger charge is 2.15. The van der Waals surface area contributed by atoms with E-state index in [-0.39, 0.29) is 18.3 Å². The van der Waals surface area contributed by atoms with Crippen LogP contribution in [0.4, 0.5) is 5.95 Å². The van der Waals surface area contributed by atoms with Crippen molar-refractivity contribution in [2.75, 3.05) is 25.5 Å². The van der Waals surface area contributed by atoms with Crippen molar-refractivity contribution in [2.24, 2.45) is 5.92 Å². The van der Waals surface area contributed by atoms with Crippen molar-refractivity contribution in [1.29, 1.82) is 0 Å². The Morgan fingerprint density at radius 3 is 2.86 bits per heavy atom. The van der Waals surface area contributed by atoms with Crippen LogP contribution < -0.4 is 10.6 Å². The van der Waals surface area contributed by atoms with Gasteiger partial charge in [-0.3, -0.25) is 20.0 Å². The molecule has 0 atom stereocenters. The van der Waals surface area contributed by atoms with E-state index in [2.05, 4.69) is 30.6 Å². The Morgan fingerprint density at radius 2 is 2.14 bits per heavy atom. The largest absolute Gasteiger partial charge is 0.469 e. The summed E-state index contributed by atoms with van der Waals surface area (Å²) in [7, 11) is 1.31. The van der Waals surface area contributed by atoms with E-state index in [0.717, 1.165) is 32.4 Å². The standard InChI is InChI=1S/C13H21N5O3/c1-21-12(20)8-10-15-13(18-17-10)16-11(19)3-2-9-4-6-14-7-5-9/h9,14H,2-8H2,1H3,(H2,15,16,17,18,19). The summed E-state index contributed by atoms with van der Waals surface area (Å²) in [6.45, 7) is 2.06. The number of carbonyl (C=O) groups is 2. The molecular weight excluding hydrogens is 274 g/mol. The van der Waals surface area contributed by atoms with Crippen LogP contribution >= 0.6 is 0 Å². The maximum atomic E-state index is 11.8. The lowest BCUT2D eigenvalue weighted by Crippen LogP contribution is -2.28. The Balaban J connectivity index is 1.73. The number of nitrogens with one attached hydrogen (secondary N) is 3. The van der Waals surface area contributed by atoms with Gasteiger partial charge in [0.1, 0.15) is 12.2 Å². The molecule has 0 saturated carbocycles. The van der Waals surface area contributed by atoms with Crippen LogP contribution in [-0.4, -0.2) is 47.3 Å². The quantitative estimate of drug-likeness (QED) is 0.649. The van der Waals surface area contributed by atoms with Crippen LogP contribution in [0.3, 0.4) is 0 Å². The number of hydrogen-bond acceptors (Lipinski definition) is 6. The summed E-state index contributed by atoms with van der Waals surface area (Å²) in [6, 6.07) is 0. The first-order valence-corrected chi connectivity index (χ1v) is 7.16. The van der Waals surface area contributed by atoms with Gasteiger partial charge in [-0.1, -0.05) is 0 Å². The van der Waals surface area contributed by atoms with Gasteiger partial charge in [0.05, 0.1) is 7.11 Å². The molecule has 2 rings (SSSR count). The van der Waals surface area contributed by atoms with E-state index in [0.29, 0.717) is 18.2 Å². The number of ether oxygens (including phenoxy) is 1. The minimum atomic E-state index is -0.407. The average Bonchev–Trinajstić information content (AvgIpc) is 2.93. The van der Waals surface area contributed by atoms with E-state index in [9.17, 15) is 9.59 Å². The molecule has 0 spiro atoms. The first kappa shape index (κ1) is 15.4. The van der Waals surface area contributed by atoms with Gasteiger partial charge in [0.25, 0.3) is 0 Å². The molecule has 21 heavy (non-hydrogen) atoms. The zero-order valence-electron chi connectivity index (χ0n) is 12.1. The van der Waals surface area contributed by atoms with E-state index in [1.54, 1.807) is 0 Å². The molecule has 116 valence electrons. The molecule has 0 aliphatic carbocycles. The summed E-state index contributed by atoms with van der Waals surface area (Å²) >= 11 is 0. The summed E-state index contributed by atoms with van der Waals surface area (Å²) in [5.74, 6) is 0.672. The molecule has 2 heterocycles. The van der Waals surface area contributed by atoms with Crippen molar-refractivity contribution >= 4 is 17.8 Å². The second-order valence-electron chi connectivity index (χ2n) is 5.14. The van der Waals surface area contributed by atoms with Gasteiger partial charge in [-0.15, -0.1) is 5.10 Å². The molecule has 0 bridgehead atoms. The van der Waals surface area contributed by atoms with Gasteiger partial charge in [0, 0.05) is 6.42 Å². The molecule has 0 aromatic carbocycles. The van der Waals surface area contributed by atoms with Gasteiger partial charge < -0.3 is 10.1 Å². The molecule has 8 heteroatoms. The number of methoxy groups -OCH3 is 1. The van der Waals surface area contributed by atoms with Crippen LogP contribution in [0.25, 0.3) is 0 Å². The second-order valence-corrected chi connectivity index (χ2v) is 5.14. The predicted octanol–water partition coefficient (Wildman–Crippen LogP) is 0.239. The van der Waals surface area contributed by atoms with Gasteiger partial charge in [-0.25, -0.2) is 0 Å². The van der Waals surface area contributed by atoms with Gasteiger partial charge in [0.2, 0.25) is 11.9 Å². The molecule has 3 N–H and O–H groups in total. The van der Waals surface area contributed by atoms with Crippen molar-refractivity contribution in [2.45, 2.75) is 32.1 Å². The van der Waals surface area contributed by atoms with E-state index in [1.807, 2.05) is 0 Å². The lowest BCUT2D eigenvalue weighted by Gasteiger charge is -2.21. The molecule has 0 unspecified atom stereocenters. The van der Waals surface area contributed by atoms with Crippen molar-refractivity contribution in [1.82, 2.24) is 20.5 Å². The third-order valence-corrected chi connectivity index (χ3v) is 3.56. The van der Waals surface area contributed by atoms with Crippen LogP contribution in [0.1, 0.15) is 31.5 Å². The van der Waals surface area contributed by atoms with Crippen molar-refractivity contribution < 1.29 is 14.3 Å². The Labute approximate surface area is 123 Å². The Bertz CT molecular complexity index is 482. The predicted molar refractivity (Wildman–Crippen MR) is 75.6 cm³/mol. The van der Waals surface area contributed by atoms with Crippen molar-refractivity contribution in [3.63, 3.8) is 0 Å². The molecule has 1 aromatic rings. The van der Waals surface area contributed by atoms with Gasteiger partial charge >= 0.3 is 5.97 Å². The number of carbonyl (C=O) groups excluding carboxylic acids is 2.